The Morgan fingerprint density at radius 3 is 2.52 bits per heavy atom. The lowest BCUT2D eigenvalue weighted by Gasteiger charge is -2.00. The smallest absolute Gasteiger partial charge is 0.232 e. The van der Waals surface area contributed by atoms with Crippen molar-refractivity contribution >= 4 is 0 Å². The van der Waals surface area contributed by atoms with Crippen molar-refractivity contribution in [1.29, 1.82) is 0 Å². The molecule has 0 bridgehead atoms. The van der Waals surface area contributed by atoms with Crippen LogP contribution in [-0.4, -0.2) is 4.98 Å². The number of halogens is 1. The summed E-state index contributed by atoms with van der Waals surface area (Å²) in [6.07, 6.45) is 12.7. The summed E-state index contributed by atoms with van der Waals surface area (Å²) in [6, 6.07) is 12.4. The molecule has 0 radical (unpaired) electrons. The maximum atomic E-state index is 6.01. The van der Waals surface area contributed by atoms with Gasteiger partial charge in [0.25, 0.3) is 0 Å². The number of benzene rings is 1. The fraction of sp³-hybridized carbons (Fsp3) is 0.280. The van der Waals surface area contributed by atoms with Crippen molar-refractivity contribution < 1.29 is 26.0 Å². The van der Waals surface area contributed by atoms with Crippen molar-refractivity contribution in [3.63, 3.8) is 0 Å². The maximum Gasteiger partial charge on any atom is 0.232 e. The molecular weight excluding hydrogens is 424 g/mol. The molecule has 0 unspecified atom stereocenters. The monoisotopic (exact) mass is 452 g/mol. The van der Waals surface area contributed by atoms with E-state index in [0.717, 1.165) is 36.3 Å². The number of nitrogens with zero attached hydrogens (tertiary/aromatic N) is 2. The Bertz CT molecular complexity index is 980. The molecule has 0 N–H and O–H groups in total. The number of pyridine rings is 1. The van der Waals surface area contributed by atoms with Crippen LogP contribution in [0, 0.1) is 6.92 Å². The van der Waals surface area contributed by atoms with Crippen molar-refractivity contribution in [1.82, 2.24) is 4.98 Å². The van der Waals surface area contributed by atoms with Gasteiger partial charge in [-0.1, -0.05) is 47.1 Å². The minimum atomic E-state index is 0. The van der Waals surface area contributed by atoms with E-state index < -0.39 is 0 Å². The SMILES string of the molecule is CC(C)=CCC/C(C)=C\C[n+]1cccc(-c2ncc(-c3ccc(C)cc3)o2)c1.[Br-]. The van der Waals surface area contributed by atoms with E-state index in [1.54, 1.807) is 6.20 Å². The Kier molecular flexibility index (Phi) is 8.59. The van der Waals surface area contributed by atoms with E-state index in [-0.39, 0.29) is 17.0 Å². The van der Waals surface area contributed by atoms with Gasteiger partial charge in [-0.05, 0) is 52.7 Å². The van der Waals surface area contributed by atoms with Crippen LogP contribution in [0.5, 0.6) is 0 Å². The zero-order valence-electron chi connectivity index (χ0n) is 17.7. The second-order valence-electron chi connectivity index (χ2n) is 7.56. The van der Waals surface area contributed by atoms with Gasteiger partial charge in [-0.15, -0.1) is 0 Å². The third-order valence-corrected chi connectivity index (χ3v) is 4.69. The molecule has 0 saturated heterocycles. The predicted octanol–water partition coefficient (Wildman–Crippen LogP) is 3.30. The highest BCUT2D eigenvalue weighted by atomic mass is 79.9. The molecule has 3 rings (SSSR count). The fourth-order valence-corrected chi connectivity index (χ4v) is 2.97. The van der Waals surface area contributed by atoms with Crippen LogP contribution >= 0.6 is 0 Å². The first-order valence-corrected chi connectivity index (χ1v) is 9.82. The molecule has 0 saturated carbocycles. The van der Waals surface area contributed by atoms with Crippen molar-refractivity contribution in [2.24, 2.45) is 0 Å². The number of aryl methyl sites for hydroxylation is 1. The molecule has 0 atom stereocenters. The zero-order chi connectivity index (χ0) is 19.9. The molecule has 0 aliphatic carbocycles. The summed E-state index contributed by atoms with van der Waals surface area (Å²) in [4.78, 5) is 4.48. The molecule has 0 spiro atoms. The van der Waals surface area contributed by atoms with Gasteiger partial charge in [-0.25, -0.2) is 9.55 Å². The second kappa shape index (κ2) is 10.9. The second-order valence-corrected chi connectivity index (χ2v) is 7.56. The molecule has 3 nitrogen and oxygen atoms in total. The van der Waals surface area contributed by atoms with Crippen molar-refractivity contribution in [3.05, 3.63) is 83.9 Å². The van der Waals surface area contributed by atoms with Gasteiger partial charge in [0.05, 0.1) is 6.20 Å². The fourth-order valence-electron chi connectivity index (χ4n) is 2.97. The Hall–Kier alpha value is -2.46. The summed E-state index contributed by atoms with van der Waals surface area (Å²) in [5.41, 5.74) is 6.05. The Morgan fingerprint density at radius 2 is 1.79 bits per heavy atom. The van der Waals surface area contributed by atoms with E-state index in [4.69, 9.17) is 4.42 Å². The van der Waals surface area contributed by atoms with E-state index in [2.05, 4.69) is 86.1 Å². The normalized spacial score (nSPS) is 11.1. The van der Waals surface area contributed by atoms with Crippen molar-refractivity contribution in [2.45, 2.75) is 47.1 Å². The number of hydrogen-bond donors (Lipinski definition) is 0. The molecule has 0 aliphatic heterocycles. The molecular formula is C25H29BrN2O. The third kappa shape index (κ3) is 6.82. The lowest BCUT2D eigenvalue weighted by molar-refractivity contribution is -0.686. The lowest BCUT2D eigenvalue weighted by Crippen LogP contribution is -3.00. The van der Waals surface area contributed by atoms with Gasteiger partial charge >= 0.3 is 0 Å². The molecule has 4 heteroatoms. The van der Waals surface area contributed by atoms with Crippen LogP contribution in [0.25, 0.3) is 22.8 Å². The number of aromatic nitrogens is 2. The van der Waals surface area contributed by atoms with Gasteiger partial charge < -0.3 is 21.4 Å². The lowest BCUT2D eigenvalue weighted by atomic mass is 10.1. The highest BCUT2D eigenvalue weighted by Gasteiger charge is 2.11. The van der Waals surface area contributed by atoms with Crippen LogP contribution in [-0.2, 0) is 6.54 Å². The molecule has 2 heterocycles. The molecule has 29 heavy (non-hydrogen) atoms. The molecule has 3 aromatic rings. The molecule has 2 aromatic heterocycles. The third-order valence-electron chi connectivity index (χ3n) is 4.69. The van der Waals surface area contributed by atoms with E-state index >= 15 is 0 Å². The van der Waals surface area contributed by atoms with Gasteiger partial charge in [-0.2, -0.15) is 0 Å². The highest BCUT2D eigenvalue weighted by molar-refractivity contribution is 5.60. The van der Waals surface area contributed by atoms with Crippen LogP contribution in [0.4, 0.5) is 0 Å². The van der Waals surface area contributed by atoms with Gasteiger partial charge in [0.2, 0.25) is 5.89 Å². The Labute approximate surface area is 184 Å². The van der Waals surface area contributed by atoms with E-state index in [0.29, 0.717) is 5.89 Å². The first-order valence-electron chi connectivity index (χ1n) is 9.82. The molecule has 152 valence electrons. The predicted molar refractivity (Wildman–Crippen MR) is 115 cm³/mol. The number of hydrogen-bond acceptors (Lipinski definition) is 2. The van der Waals surface area contributed by atoms with Crippen LogP contribution in [0.2, 0.25) is 0 Å². The number of allylic oxidation sites excluding steroid dienone is 4. The average Bonchev–Trinajstić information content (AvgIpc) is 3.17. The van der Waals surface area contributed by atoms with E-state index in [9.17, 15) is 0 Å². The minimum absolute atomic E-state index is 0. The van der Waals surface area contributed by atoms with Gasteiger partial charge in [0, 0.05) is 11.6 Å². The molecule has 0 amide bonds. The van der Waals surface area contributed by atoms with Crippen molar-refractivity contribution in [2.75, 3.05) is 0 Å². The highest BCUT2D eigenvalue weighted by Crippen LogP contribution is 2.25. The van der Waals surface area contributed by atoms with Crippen LogP contribution in [0.15, 0.2) is 82.7 Å². The summed E-state index contributed by atoms with van der Waals surface area (Å²) in [6.45, 7) is 9.42. The van der Waals surface area contributed by atoms with Crippen molar-refractivity contribution in [3.8, 4) is 22.8 Å². The number of oxazole rings is 1. The first-order chi connectivity index (χ1) is 13.5. The van der Waals surface area contributed by atoms with Crippen LogP contribution in [0.3, 0.4) is 0 Å². The largest absolute Gasteiger partial charge is 1.00 e. The Balaban J connectivity index is 0.00000300. The number of rotatable bonds is 7. The van der Waals surface area contributed by atoms with Gasteiger partial charge in [0.15, 0.2) is 24.7 Å². The molecule has 1 aromatic carbocycles. The quantitative estimate of drug-likeness (QED) is 0.406. The summed E-state index contributed by atoms with van der Waals surface area (Å²) in [5, 5.41) is 0. The first kappa shape index (κ1) is 22.8. The van der Waals surface area contributed by atoms with Gasteiger partial charge in [-0.3, -0.25) is 0 Å². The van der Waals surface area contributed by atoms with Crippen LogP contribution < -0.4 is 21.5 Å². The summed E-state index contributed by atoms with van der Waals surface area (Å²) >= 11 is 0. The summed E-state index contributed by atoms with van der Waals surface area (Å²) < 4.78 is 8.17. The Morgan fingerprint density at radius 1 is 1.03 bits per heavy atom. The topological polar surface area (TPSA) is 29.9 Å². The maximum absolute atomic E-state index is 6.01. The van der Waals surface area contributed by atoms with Crippen LogP contribution in [0.1, 0.15) is 39.2 Å². The minimum Gasteiger partial charge on any atom is -1.00 e. The van der Waals surface area contributed by atoms with E-state index in [1.807, 2.05) is 12.1 Å². The van der Waals surface area contributed by atoms with Gasteiger partial charge in [0.1, 0.15) is 5.56 Å². The summed E-state index contributed by atoms with van der Waals surface area (Å²) in [7, 11) is 0. The standard InChI is InChI=1S/C25H29N2O.BrH/c1-19(2)7-5-8-20(3)14-16-27-15-6-9-23(18-27)25-26-17-24(28-25)22-12-10-21(4)11-13-22;/h6-7,9-15,17-18H,5,8,16H2,1-4H3;1H/q+1;/p-1/b20-14-;. The zero-order valence-corrected chi connectivity index (χ0v) is 19.2. The molecule has 0 fully saturated rings. The molecule has 0 aliphatic rings. The summed E-state index contributed by atoms with van der Waals surface area (Å²) in [5.74, 6) is 1.44. The van der Waals surface area contributed by atoms with E-state index in [1.165, 1.54) is 16.7 Å². The average molecular weight is 453 g/mol.